The summed E-state index contributed by atoms with van der Waals surface area (Å²) in [6, 6.07) is 10.1. The zero-order chi connectivity index (χ0) is 19.6. The minimum Gasteiger partial charge on any atom is -0.457 e. The van der Waals surface area contributed by atoms with Crippen LogP contribution in [-0.2, 0) is 23.9 Å². The Morgan fingerprint density at radius 1 is 1.11 bits per heavy atom. The predicted octanol–water partition coefficient (Wildman–Crippen LogP) is 5.68. The van der Waals surface area contributed by atoms with Crippen molar-refractivity contribution >= 4 is 21.8 Å². The number of hydrogen-bond acceptors (Lipinski definition) is 2. The van der Waals surface area contributed by atoms with Crippen LogP contribution in [0.2, 0.25) is 0 Å². The van der Waals surface area contributed by atoms with E-state index in [1.807, 2.05) is 12.1 Å². The quantitative estimate of drug-likeness (QED) is 0.575. The Kier molecular flexibility index (Phi) is 5.60. The van der Waals surface area contributed by atoms with Crippen LogP contribution in [0.4, 0.5) is 13.2 Å². The number of allylic oxidation sites excluding steroid dienone is 1. The first-order valence-corrected chi connectivity index (χ1v) is 9.15. The largest absolute Gasteiger partial charge is 0.457 e. The average Bonchev–Trinajstić information content (AvgIpc) is 2.66. The molecule has 1 heterocycles. The number of halogens is 4. The van der Waals surface area contributed by atoms with Crippen LogP contribution in [-0.4, -0.2) is 17.4 Å². The molecule has 3 nitrogen and oxygen atoms in total. The minimum atomic E-state index is -4.37. The molecular formula is C20H17BrF3NO2. The molecule has 1 amide bonds. The van der Waals surface area contributed by atoms with Gasteiger partial charge in [0.2, 0.25) is 0 Å². The van der Waals surface area contributed by atoms with Gasteiger partial charge in [-0.1, -0.05) is 12.1 Å². The normalized spacial score (nSPS) is 14.7. The Morgan fingerprint density at radius 2 is 1.78 bits per heavy atom. The number of nitrogens with zero attached hydrogens (tertiary/aromatic N) is 1. The van der Waals surface area contributed by atoms with E-state index in [4.69, 9.17) is 4.74 Å². The number of rotatable bonds is 3. The van der Waals surface area contributed by atoms with E-state index in [2.05, 4.69) is 15.9 Å². The molecule has 0 N–H and O–H groups in total. The van der Waals surface area contributed by atoms with Crippen LogP contribution in [0.1, 0.15) is 23.6 Å². The third-order valence-corrected chi connectivity index (χ3v) is 5.15. The van der Waals surface area contributed by atoms with Crippen molar-refractivity contribution in [2.75, 3.05) is 6.54 Å². The van der Waals surface area contributed by atoms with Crippen molar-refractivity contribution < 1.29 is 22.7 Å². The second-order valence-corrected chi connectivity index (χ2v) is 7.02. The van der Waals surface area contributed by atoms with Crippen LogP contribution in [0.25, 0.3) is 0 Å². The highest BCUT2D eigenvalue weighted by Gasteiger charge is 2.30. The number of amides is 1. The van der Waals surface area contributed by atoms with Crippen LogP contribution in [0.5, 0.6) is 11.5 Å². The van der Waals surface area contributed by atoms with Crippen molar-refractivity contribution in [3.05, 3.63) is 69.7 Å². The van der Waals surface area contributed by atoms with E-state index in [1.165, 1.54) is 12.1 Å². The van der Waals surface area contributed by atoms with Gasteiger partial charge in [-0.2, -0.15) is 13.2 Å². The summed E-state index contributed by atoms with van der Waals surface area (Å²) in [5.74, 6) is 0.772. The molecule has 0 fully saturated rings. The number of carbonyl (C=O) groups is 1. The molecule has 0 unspecified atom stereocenters. The smallest absolute Gasteiger partial charge is 0.416 e. The highest BCUT2D eigenvalue weighted by atomic mass is 79.9. The van der Waals surface area contributed by atoms with Gasteiger partial charge in [0.1, 0.15) is 11.5 Å². The zero-order valence-corrected chi connectivity index (χ0v) is 16.1. The summed E-state index contributed by atoms with van der Waals surface area (Å²) in [6.45, 7) is 2.88. The van der Waals surface area contributed by atoms with Crippen molar-refractivity contribution in [2.24, 2.45) is 0 Å². The van der Waals surface area contributed by atoms with Crippen molar-refractivity contribution in [1.82, 2.24) is 4.90 Å². The lowest BCUT2D eigenvalue weighted by Crippen LogP contribution is -2.35. The first-order chi connectivity index (χ1) is 12.8. The van der Waals surface area contributed by atoms with Crippen LogP contribution >= 0.6 is 15.9 Å². The lowest BCUT2D eigenvalue weighted by molar-refractivity contribution is -0.137. The molecule has 0 saturated heterocycles. The number of hydrogen-bond donors (Lipinski definition) is 0. The van der Waals surface area contributed by atoms with Crippen LogP contribution in [0, 0.1) is 0 Å². The Bertz CT molecular complexity index is 876. The summed E-state index contributed by atoms with van der Waals surface area (Å²) in [4.78, 5) is 14.1. The molecule has 2 aromatic rings. The zero-order valence-electron chi connectivity index (χ0n) is 14.5. The molecule has 2 aromatic carbocycles. The molecular weight excluding hydrogens is 423 g/mol. The lowest BCUT2D eigenvalue weighted by Gasteiger charge is -2.29. The summed E-state index contributed by atoms with van der Waals surface area (Å²) >= 11 is 3.26. The van der Waals surface area contributed by atoms with Gasteiger partial charge in [-0.25, -0.2) is 0 Å². The van der Waals surface area contributed by atoms with Gasteiger partial charge in [0, 0.05) is 13.1 Å². The molecule has 0 radical (unpaired) electrons. The van der Waals surface area contributed by atoms with Gasteiger partial charge in [-0.3, -0.25) is 4.79 Å². The third-order valence-electron chi connectivity index (χ3n) is 4.35. The fourth-order valence-corrected chi connectivity index (χ4v) is 3.14. The number of ether oxygens (including phenoxy) is 1. The fraction of sp³-hybridized carbons (Fsp3) is 0.250. The molecule has 27 heavy (non-hydrogen) atoms. The molecule has 0 saturated carbocycles. The lowest BCUT2D eigenvalue weighted by atomic mass is 9.99. The molecule has 0 aromatic heterocycles. The molecule has 0 bridgehead atoms. The molecule has 0 aliphatic carbocycles. The first-order valence-electron chi connectivity index (χ1n) is 8.36. The van der Waals surface area contributed by atoms with E-state index in [0.717, 1.165) is 29.7 Å². The van der Waals surface area contributed by atoms with Gasteiger partial charge < -0.3 is 9.64 Å². The third kappa shape index (κ3) is 4.53. The molecule has 3 rings (SSSR count). The van der Waals surface area contributed by atoms with E-state index in [9.17, 15) is 18.0 Å². The van der Waals surface area contributed by atoms with Crippen LogP contribution in [0.15, 0.2) is 53.0 Å². The second-order valence-electron chi connectivity index (χ2n) is 6.17. The molecule has 1 aliphatic heterocycles. The van der Waals surface area contributed by atoms with Gasteiger partial charge in [0.25, 0.3) is 5.91 Å². The summed E-state index contributed by atoms with van der Waals surface area (Å²) < 4.78 is 44.1. The standard InChI is InChI=1S/C20H17BrF3NO2/c1-2-18(21)19(26)25-10-9-13-3-6-17(11-14(13)12-25)27-16-7-4-15(5-8-16)20(22,23)24/h2-8,11H,9-10,12H2,1H3. The Hall–Kier alpha value is -2.28. The molecule has 142 valence electrons. The summed E-state index contributed by atoms with van der Waals surface area (Å²) in [5.41, 5.74) is 1.38. The molecule has 1 aliphatic rings. The Morgan fingerprint density at radius 3 is 2.41 bits per heavy atom. The summed E-state index contributed by atoms with van der Waals surface area (Å²) in [5, 5.41) is 0. The highest BCUT2D eigenvalue weighted by Crippen LogP contribution is 2.32. The topological polar surface area (TPSA) is 29.5 Å². The maximum absolute atomic E-state index is 12.6. The minimum absolute atomic E-state index is 0.0720. The van der Waals surface area contributed by atoms with E-state index in [0.29, 0.717) is 29.1 Å². The fourth-order valence-electron chi connectivity index (χ4n) is 2.89. The van der Waals surface area contributed by atoms with Gasteiger partial charge in [0.05, 0.1) is 10.0 Å². The number of fused-ring (bicyclic) bond motifs is 1. The van der Waals surface area contributed by atoms with E-state index in [-0.39, 0.29) is 5.91 Å². The monoisotopic (exact) mass is 439 g/mol. The van der Waals surface area contributed by atoms with E-state index >= 15 is 0 Å². The maximum atomic E-state index is 12.6. The number of alkyl halides is 3. The average molecular weight is 440 g/mol. The summed E-state index contributed by atoms with van der Waals surface area (Å²) in [6.07, 6.45) is -1.92. The van der Waals surface area contributed by atoms with E-state index < -0.39 is 11.7 Å². The maximum Gasteiger partial charge on any atom is 0.416 e. The molecule has 7 heteroatoms. The highest BCUT2D eigenvalue weighted by molar-refractivity contribution is 9.12. The van der Waals surface area contributed by atoms with Crippen molar-refractivity contribution in [1.29, 1.82) is 0 Å². The Balaban J connectivity index is 1.75. The van der Waals surface area contributed by atoms with Gasteiger partial charge >= 0.3 is 6.18 Å². The van der Waals surface area contributed by atoms with Crippen molar-refractivity contribution in [2.45, 2.75) is 26.1 Å². The SMILES string of the molecule is CC=C(Br)C(=O)N1CCc2ccc(Oc3ccc(C(F)(F)F)cc3)cc2C1. The van der Waals surface area contributed by atoms with Crippen molar-refractivity contribution in [3.8, 4) is 11.5 Å². The van der Waals surface area contributed by atoms with Crippen LogP contribution in [0.3, 0.4) is 0 Å². The Labute approximate surface area is 163 Å². The van der Waals surface area contributed by atoms with Crippen LogP contribution < -0.4 is 4.74 Å². The number of carbonyl (C=O) groups excluding carboxylic acids is 1. The first kappa shape index (κ1) is 19.5. The second kappa shape index (κ2) is 7.76. The van der Waals surface area contributed by atoms with Crippen molar-refractivity contribution in [3.63, 3.8) is 0 Å². The van der Waals surface area contributed by atoms with Gasteiger partial charge in [-0.15, -0.1) is 0 Å². The predicted molar refractivity (Wildman–Crippen MR) is 99.8 cm³/mol. The van der Waals surface area contributed by atoms with E-state index in [1.54, 1.807) is 24.0 Å². The summed E-state index contributed by atoms with van der Waals surface area (Å²) in [7, 11) is 0. The molecule has 0 atom stereocenters. The number of benzene rings is 2. The van der Waals surface area contributed by atoms with Gasteiger partial charge in [-0.05, 0) is 76.8 Å². The van der Waals surface area contributed by atoms with Gasteiger partial charge in [0.15, 0.2) is 0 Å². The molecule has 0 spiro atoms.